The SMILES string of the molecule is C=C(C)C(OOC)C(=O)OCC. The van der Waals surface area contributed by atoms with Crippen LogP contribution in [0, 0.1) is 0 Å². The van der Waals surface area contributed by atoms with Gasteiger partial charge >= 0.3 is 5.97 Å². The number of carbonyl (C=O) groups excluding carboxylic acids is 1. The lowest BCUT2D eigenvalue weighted by molar-refractivity contribution is -0.293. The zero-order chi connectivity index (χ0) is 9.56. The number of rotatable bonds is 5. The third kappa shape index (κ3) is 3.50. The summed E-state index contributed by atoms with van der Waals surface area (Å²) < 4.78 is 4.71. The Balaban J connectivity index is 4.09. The van der Waals surface area contributed by atoms with Crippen molar-refractivity contribution in [1.82, 2.24) is 0 Å². The third-order valence-corrected chi connectivity index (χ3v) is 1.14. The highest BCUT2D eigenvalue weighted by Crippen LogP contribution is 2.05. The summed E-state index contributed by atoms with van der Waals surface area (Å²) in [5.74, 6) is -0.480. The molecule has 1 atom stereocenters. The molecule has 0 spiro atoms. The van der Waals surface area contributed by atoms with E-state index in [2.05, 4.69) is 16.4 Å². The monoisotopic (exact) mass is 174 g/mol. The van der Waals surface area contributed by atoms with Crippen LogP contribution in [0.2, 0.25) is 0 Å². The van der Waals surface area contributed by atoms with Crippen LogP contribution in [0.25, 0.3) is 0 Å². The van der Waals surface area contributed by atoms with Gasteiger partial charge < -0.3 is 4.74 Å². The van der Waals surface area contributed by atoms with Crippen molar-refractivity contribution in [3.8, 4) is 0 Å². The molecular formula is C8H14O4. The second-order valence-electron chi connectivity index (χ2n) is 2.24. The molecule has 12 heavy (non-hydrogen) atoms. The first-order valence-electron chi connectivity index (χ1n) is 3.65. The maximum absolute atomic E-state index is 11.1. The lowest BCUT2D eigenvalue weighted by Gasteiger charge is -2.13. The molecule has 0 aromatic heterocycles. The summed E-state index contributed by atoms with van der Waals surface area (Å²) in [5, 5.41) is 0. The molecule has 0 amide bonds. The summed E-state index contributed by atoms with van der Waals surface area (Å²) in [7, 11) is 1.33. The van der Waals surface area contributed by atoms with Gasteiger partial charge in [-0.05, 0) is 19.4 Å². The second kappa shape index (κ2) is 5.74. The molecule has 0 saturated heterocycles. The van der Waals surface area contributed by atoms with Crippen LogP contribution >= 0.6 is 0 Å². The minimum Gasteiger partial charge on any atom is -0.464 e. The van der Waals surface area contributed by atoms with E-state index in [4.69, 9.17) is 4.74 Å². The minimum absolute atomic E-state index is 0.315. The van der Waals surface area contributed by atoms with Gasteiger partial charge in [-0.25, -0.2) is 14.6 Å². The lowest BCUT2D eigenvalue weighted by Crippen LogP contribution is -2.27. The number of esters is 1. The van der Waals surface area contributed by atoms with Crippen molar-refractivity contribution in [2.24, 2.45) is 0 Å². The molecule has 4 heteroatoms. The predicted molar refractivity (Wildman–Crippen MR) is 43.3 cm³/mol. The van der Waals surface area contributed by atoms with E-state index in [-0.39, 0.29) is 0 Å². The van der Waals surface area contributed by atoms with Crippen molar-refractivity contribution < 1.29 is 19.3 Å². The third-order valence-electron chi connectivity index (χ3n) is 1.14. The van der Waals surface area contributed by atoms with E-state index in [1.54, 1.807) is 13.8 Å². The summed E-state index contributed by atoms with van der Waals surface area (Å²) in [5.41, 5.74) is 0.551. The first kappa shape index (κ1) is 11.1. The topological polar surface area (TPSA) is 44.8 Å². The largest absolute Gasteiger partial charge is 0.464 e. The molecule has 0 aliphatic heterocycles. The van der Waals surface area contributed by atoms with Gasteiger partial charge in [0.05, 0.1) is 13.7 Å². The van der Waals surface area contributed by atoms with Crippen molar-refractivity contribution in [2.75, 3.05) is 13.7 Å². The molecule has 70 valence electrons. The van der Waals surface area contributed by atoms with Gasteiger partial charge in [-0.3, -0.25) is 0 Å². The molecule has 0 aromatic carbocycles. The Morgan fingerprint density at radius 1 is 1.58 bits per heavy atom. The zero-order valence-corrected chi connectivity index (χ0v) is 7.62. The van der Waals surface area contributed by atoms with Crippen molar-refractivity contribution in [2.45, 2.75) is 20.0 Å². The Hall–Kier alpha value is -0.870. The smallest absolute Gasteiger partial charge is 0.342 e. The molecule has 1 unspecified atom stereocenters. The van der Waals surface area contributed by atoms with Gasteiger partial charge in [-0.2, -0.15) is 0 Å². The summed E-state index contributed by atoms with van der Waals surface area (Å²) >= 11 is 0. The fraction of sp³-hybridized carbons (Fsp3) is 0.625. The molecule has 0 radical (unpaired) electrons. The van der Waals surface area contributed by atoms with E-state index in [0.717, 1.165) is 0 Å². The van der Waals surface area contributed by atoms with Gasteiger partial charge in [0.15, 0.2) is 0 Å². The standard InChI is InChI=1S/C8H14O4/c1-5-11-8(9)7(6(2)3)12-10-4/h7H,2,5H2,1,3-4H3. The molecule has 0 aliphatic rings. The van der Waals surface area contributed by atoms with Crippen molar-refractivity contribution in [3.05, 3.63) is 12.2 Å². The lowest BCUT2D eigenvalue weighted by atomic mass is 10.2. The summed E-state index contributed by atoms with van der Waals surface area (Å²) in [6.07, 6.45) is -0.824. The molecule has 0 aromatic rings. The Bertz CT molecular complexity index is 164. The van der Waals surface area contributed by atoms with E-state index in [0.29, 0.717) is 12.2 Å². The van der Waals surface area contributed by atoms with Crippen LogP contribution in [0.15, 0.2) is 12.2 Å². The number of hydrogen-bond acceptors (Lipinski definition) is 4. The van der Waals surface area contributed by atoms with Crippen molar-refractivity contribution >= 4 is 5.97 Å². The van der Waals surface area contributed by atoms with E-state index < -0.39 is 12.1 Å². The maximum Gasteiger partial charge on any atom is 0.342 e. The van der Waals surface area contributed by atoms with Crippen LogP contribution < -0.4 is 0 Å². The first-order valence-corrected chi connectivity index (χ1v) is 3.65. The van der Waals surface area contributed by atoms with Gasteiger partial charge in [0.2, 0.25) is 6.10 Å². The fourth-order valence-electron chi connectivity index (χ4n) is 0.637. The molecule has 4 nitrogen and oxygen atoms in total. The molecule has 0 N–H and O–H groups in total. The highest BCUT2D eigenvalue weighted by atomic mass is 17.2. The fourth-order valence-corrected chi connectivity index (χ4v) is 0.637. The normalized spacial score (nSPS) is 12.2. The van der Waals surface area contributed by atoms with Crippen LogP contribution in [-0.4, -0.2) is 25.8 Å². The van der Waals surface area contributed by atoms with Crippen LogP contribution in [-0.2, 0) is 19.3 Å². The van der Waals surface area contributed by atoms with Crippen LogP contribution in [0.5, 0.6) is 0 Å². The van der Waals surface area contributed by atoms with Gasteiger partial charge in [-0.1, -0.05) is 6.58 Å². The van der Waals surface area contributed by atoms with Crippen LogP contribution in [0.3, 0.4) is 0 Å². The van der Waals surface area contributed by atoms with E-state index in [1.807, 2.05) is 0 Å². The average molecular weight is 174 g/mol. The molecule has 0 heterocycles. The number of hydrogen-bond donors (Lipinski definition) is 0. The molecular weight excluding hydrogens is 160 g/mol. The highest BCUT2D eigenvalue weighted by molar-refractivity contribution is 5.77. The molecule has 0 rings (SSSR count). The Morgan fingerprint density at radius 2 is 2.17 bits per heavy atom. The number of ether oxygens (including phenoxy) is 1. The maximum atomic E-state index is 11.1. The minimum atomic E-state index is -0.824. The molecule has 0 bridgehead atoms. The summed E-state index contributed by atoms with van der Waals surface area (Å²) in [6.45, 7) is 7.28. The second-order valence-corrected chi connectivity index (χ2v) is 2.24. The zero-order valence-electron chi connectivity index (χ0n) is 7.62. The Kier molecular flexibility index (Phi) is 5.32. The van der Waals surface area contributed by atoms with Crippen LogP contribution in [0.1, 0.15) is 13.8 Å². The van der Waals surface area contributed by atoms with Crippen molar-refractivity contribution in [1.29, 1.82) is 0 Å². The number of carbonyl (C=O) groups is 1. The average Bonchev–Trinajstić information content (AvgIpc) is 1.99. The molecule has 0 aliphatic carbocycles. The first-order chi connectivity index (χ1) is 5.63. The summed E-state index contributed by atoms with van der Waals surface area (Å²) in [6, 6.07) is 0. The molecule has 0 saturated carbocycles. The van der Waals surface area contributed by atoms with Crippen LogP contribution in [0.4, 0.5) is 0 Å². The van der Waals surface area contributed by atoms with Gasteiger partial charge in [0.25, 0.3) is 0 Å². The van der Waals surface area contributed by atoms with E-state index in [1.165, 1.54) is 7.11 Å². The van der Waals surface area contributed by atoms with Gasteiger partial charge in [0, 0.05) is 0 Å². The van der Waals surface area contributed by atoms with E-state index in [9.17, 15) is 4.79 Å². The quantitative estimate of drug-likeness (QED) is 0.271. The van der Waals surface area contributed by atoms with E-state index >= 15 is 0 Å². The van der Waals surface area contributed by atoms with Crippen molar-refractivity contribution in [3.63, 3.8) is 0 Å². The Labute approximate surface area is 72.0 Å². The predicted octanol–water partition coefficient (Wildman–Crippen LogP) is 1.07. The highest BCUT2D eigenvalue weighted by Gasteiger charge is 2.21. The molecule has 0 fully saturated rings. The Morgan fingerprint density at radius 3 is 2.50 bits per heavy atom. The van der Waals surface area contributed by atoms with Gasteiger partial charge in [-0.15, -0.1) is 0 Å². The van der Waals surface area contributed by atoms with Gasteiger partial charge in [0.1, 0.15) is 0 Å². The summed E-state index contributed by atoms with van der Waals surface area (Å²) in [4.78, 5) is 20.1.